The maximum Gasteiger partial charge on any atom is 0.248 e. The van der Waals surface area contributed by atoms with Crippen molar-refractivity contribution >= 4 is 5.91 Å². The van der Waals surface area contributed by atoms with Gasteiger partial charge in [0.2, 0.25) is 5.91 Å². The van der Waals surface area contributed by atoms with Gasteiger partial charge in [-0.15, -0.1) is 0 Å². The predicted molar refractivity (Wildman–Crippen MR) is 57.5 cm³/mol. The van der Waals surface area contributed by atoms with E-state index in [2.05, 4.69) is 0 Å². The van der Waals surface area contributed by atoms with Crippen LogP contribution in [0.25, 0.3) is 0 Å². The molecule has 4 heteroatoms. The van der Waals surface area contributed by atoms with Crippen molar-refractivity contribution in [2.45, 2.75) is 45.3 Å². The summed E-state index contributed by atoms with van der Waals surface area (Å²) in [4.78, 5) is 13.4. The third kappa shape index (κ3) is 4.62. The monoisotopic (exact) mass is 215 g/mol. The van der Waals surface area contributed by atoms with Crippen LogP contribution in [0.3, 0.4) is 0 Å². The van der Waals surface area contributed by atoms with E-state index in [0.29, 0.717) is 6.54 Å². The molecule has 1 unspecified atom stereocenters. The normalized spacial score (nSPS) is 22.9. The Bertz CT molecular complexity index is 222. The summed E-state index contributed by atoms with van der Waals surface area (Å²) in [5.74, 6) is -0.0244. The Balaban J connectivity index is 2.33. The van der Waals surface area contributed by atoms with E-state index in [-0.39, 0.29) is 24.2 Å². The van der Waals surface area contributed by atoms with Gasteiger partial charge in [-0.25, -0.2) is 0 Å². The Hall–Kier alpha value is -0.610. The topological polar surface area (TPSA) is 49.8 Å². The molecule has 0 aromatic heterocycles. The summed E-state index contributed by atoms with van der Waals surface area (Å²) in [7, 11) is 0. The lowest BCUT2D eigenvalue weighted by Crippen LogP contribution is -2.44. The number of aliphatic hydroxyl groups excluding tert-OH is 1. The largest absolute Gasteiger partial charge is 0.391 e. The predicted octanol–water partition coefficient (Wildman–Crippen LogP) is 0.785. The van der Waals surface area contributed by atoms with Crippen LogP contribution in [0.5, 0.6) is 0 Å². The lowest BCUT2D eigenvalue weighted by atomic mass is 10.1. The first-order chi connectivity index (χ1) is 6.88. The van der Waals surface area contributed by atoms with Crippen LogP contribution in [-0.4, -0.2) is 47.3 Å². The molecule has 88 valence electrons. The number of amides is 1. The number of piperidine rings is 1. The molecule has 0 radical (unpaired) electrons. The van der Waals surface area contributed by atoms with Gasteiger partial charge >= 0.3 is 0 Å². The maximum atomic E-state index is 11.7. The number of rotatable bonds is 2. The van der Waals surface area contributed by atoms with Crippen molar-refractivity contribution in [3.05, 3.63) is 0 Å². The molecule has 0 aromatic carbocycles. The van der Waals surface area contributed by atoms with Gasteiger partial charge in [0.25, 0.3) is 0 Å². The molecular weight excluding hydrogens is 194 g/mol. The number of hydrogen-bond donors (Lipinski definition) is 1. The third-order valence-electron chi connectivity index (χ3n) is 2.38. The van der Waals surface area contributed by atoms with Gasteiger partial charge in [-0.3, -0.25) is 4.79 Å². The first-order valence-electron chi connectivity index (χ1n) is 5.48. The molecule has 1 fully saturated rings. The summed E-state index contributed by atoms with van der Waals surface area (Å²) in [6.07, 6.45) is 1.31. The summed E-state index contributed by atoms with van der Waals surface area (Å²) < 4.78 is 5.41. The van der Waals surface area contributed by atoms with Gasteiger partial charge in [-0.05, 0) is 33.6 Å². The van der Waals surface area contributed by atoms with Crippen molar-refractivity contribution < 1.29 is 14.6 Å². The molecule has 1 N–H and O–H groups in total. The van der Waals surface area contributed by atoms with Crippen LogP contribution < -0.4 is 0 Å². The molecule has 0 aliphatic carbocycles. The van der Waals surface area contributed by atoms with E-state index < -0.39 is 0 Å². The Kier molecular flexibility index (Phi) is 4.11. The second kappa shape index (κ2) is 4.94. The molecule has 1 saturated heterocycles. The highest BCUT2D eigenvalue weighted by molar-refractivity contribution is 5.77. The molecule has 1 rings (SSSR count). The SMILES string of the molecule is CC(C)(C)OCC(=O)N1CCCC(O)C1. The van der Waals surface area contributed by atoms with Crippen LogP contribution in [0.15, 0.2) is 0 Å². The van der Waals surface area contributed by atoms with E-state index >= 15 is 0 Å². The average molecular weight is 215 g/mol. The number of likely N-dealkylation sites (tertiary alicyclic amines) is 1. The lowest BCUT2D eigenvalue weighted by Gasteiger charge is -2.31. The molecule has 1 amide bonds. The van der Waals surface area contributed by atoms with Crippen molar-refractivity contribution in [2.24, 2.45) is 0 Å². The number of aliphatic hydroxyl groups is 1. The van der Waals surface area contributed by atoms with E-state index in [1.807, 2.05) is 20.8 Å². The van der Waals surface area contributed by atoms with E-state index in [0.717, 1.165) is 19.4 Å². The zero-order valence-electron chi connectivity index (χ0n) is 9.82. The second-order valence-corrected chi connectivity index (χ2v) is 5.04. The van der Waals surface area contributed by atoms with Crippen molar-refractivity contribution in [1.29, 1.82) is 0 Å². The number of carbonyl (C=O) groups excluding carboxylic acids is 1. The molecule has 0 bridgehead atoms. The minimum absolute atomic E-state index is 0.0244. The minimum Gasteiger partial charge on any atom is -0.391 e. The molecule has 0 aromatic rings. The second-order valence-electron chi connectivity index (χ2n) is 5.04. The zero-order chi connectivity index (χ0) is 11.5. The van der Waals surface area contributed by atoms with Gasteiger partial charge in [0.05, 0.1) is 11.7 Å². The fourth-order valence-electron chi connectivity index (χ4n) is 1.55. The molecule has 4 nitrogen and oxygen atoms in total. The van der Waals surface area contributed by atoms with E-state index in [9.17, 15) is 9.90 Å². The van der Waals surface area contributed by atoms with Crippen LogP contribution in [0.1, 0.15) is 33.6 Å². The Morgan fingerprint density at radius 2 is 2.20 bits per heavy atom. The van der Waals surface area contributed by atoms with Gasteiger partial charge in [-0.1, -0.05) is 0 Å². The quantitative estimate of drug-likeness (QED) is 0.740. The highest BCUT2D eigenvalue weighted by Crippen LogP contribution is 2.11. The molecule has 1 heterocycles. The number of β-amino-alcohol motifs (C(OH)–C–C–N with tert-alkyl or cyclic N) is 1. The van der Waals surface area contributed by atoms with Gasteiger partial charge in [0.15, 0.2) is 0 Å². The third-order valence-corrected chi connectivity index (χ3v) is 2.38. The van der Waals surface area contributed by atoms with E-state index in [1.165, 1.54) is 0 Å². The first-order valence-corrected chi connectivity index (χ1v) is 5.48. The minimum atomic E-state index is -0.364. The molecule has 15 heavy (non-hydrogen) atoms. The van der Waals surface area contributed by atoms with Gasteiger partial charge in [-0.2, -0.15) is 0 Å². The zero-order valence-corrected chi connectivity index (χ0v) is 9.82. The highest BCUT2D eigenvalue weighted by Gasteiger charge is 2.23. The van der Waals surface area contributed by atoms with Crippen LogP contribution in [0, 0.1) is 0 Å². The highest BCUT2D eigenvalue weighted by atomic mass is 16.5. The van der Waals surface area contributed by atoms with Crippen molar-refractivity contribution in [2.75, 3.05) is 19.7 Å². The summed E-state index contributed by atoms with van der Waals surface area (Å²) in [6, 6.07) is 0. The molecular formula is C11H21NO3. The molecule has 0 spiro atoms. The Labute approximate surface area is 91.2 Å². The Morgan fingerprint density at radius 1 is 1.53 bits per heavy atom. The van der Waals surface area contributed by atoms with Gasteiger partial charge in [0, 0.05) is 13.1 Å². The smallest absolute Gasteiger partial charge is 0.248 e. The van der Waals surface area contributed by atoms with Crippen LogP contribution in [-0.2, 0) is 9.53 Å². The van der Waals surface area contributed by atoms with Gasteiger partial charge in [0.1, 0.15) is 6.61 Å². The summed E-state index contributed by atoms with van der Waals surface area (Å²) in [5.41, 5.74) is -0.288. The molecule has 1 atom stereocenters. The van der Waals surface area contributed by atoms with Crippen LogP contribution >= 0.6 is 0 Å². The summed E-state index contributed by atoms with van der Waals surface area (Å²) in [6.45, 7) is 7.06. The van der Waals surface area contributed by atoms with Crippen LogP contribution in [0.4, 0.5) is 0 Å². The van der Waals surface area contributed by atoms with Crippen molar-refractivity contribution in [3.63, 3.8) is 0 Å². The average Bonchev–Trinajstić information content (AvgIpc) is 2.13. The molecule has 0 saturated carbocycles. The summed E-state index contributed by atoms with van der Waals surface area (Å²) >= 11 is 0. The van der Waals surface area contributed by atoms with Gasteiger partial charge < -0.3 is 14.7 Å². The molecule has 1 aliphatic rings. The van der Waals surface area contributed by atoms with Crippen molar-refractivity contribution in [1.82, 2.24) is 4.90 Å². The number of carbonyl (C=O) groups is 1. The van der Waals surface area contributed by atoms with E-state index in [4.69, 9.17) is 4.74 Å². The standard InChI is InChI=1S/C11H21NO3/c1-11(2,3)15-8-10(14)12-6-4-5-9(13)7-12/h9,13H,4-8H2,1-3H3. The Morgan fingerprint density at radius 3 is 2.73 bits per heavy atom. The molecule has 1 aliphatic heterocycles. The maximum absolute atomic E-state index is 11.7. The fraction of sp³-hybridized carbons (Fsp3) is 0.909. The lowest BCUT2D eigenvalue weighted by molar-refractivity contribution is -0.143. The number of ether oxygens (including phenoxy) is 1. The fourth-order valence-corrected chi connectivity index (χ4v) is 1.55. The van der Waals surface area contributed by atoms with E-state index in [1.54, 1.807) is 4.90 Å². The number of hydrogen-bond acceptors (Lipinski definition) is 3. The first kappa shape index (κ1) is 12.5. The number of nitrogens with zero attached hydrogens (tertiary/aromatic N) is 1. The van der Waals surface area contributed by atoms with Crippen LogP contribution in [0.2, 0.25) is 0 Å². The van der Waals surface area contributed by atoms with Crippen molar-refractivity contribution in [3.8, 4) is 0 Å². The summed E-state index contributed by atoms with van der Waals surface area (Å²) in [5, 5.41) is 9.42.